The van der Waals surface area contributed by atoms with Crippen molar-refractivity contribution in [1.29, 1.82) is 0 Å². The Hall–Kier alpha value is -0.670. The molecule has 0 aromatic carbocycles. The summed E-state index contributed by atoms with van der Waals surface area (Å²) in [4.78, 5) is 12.2. The monoisotopic (exact) mass is 283 g/mol. The number of carbonyl (C=O) groups is 1. The average molecular weight is 283 g/mol. The summed E-state index contributed by atoms with van der Waals surface area (Å²) in [6.07, 6.45) is 13.4. The van der Waals surface area contributed by atoms with E-state index in [2.05, 4.69) is 28.1 Å². The molecule has 2 N–H and O–H groups in total. The van der Waals surface area contributed by atoms with Gasteiger partial charge in [0.1, 0.15) is 0 Å². The van der Waals surface area contributed by atoms with Gasteiger partial charge in [0.15, 0.2) is 6.04 Å². The van der Waals surface area contributed by atoms with E-state index in [0.717, 1.165) is 12.8 Å². The zero-order chi connectivity index (χ0) is 15.4. The zero-order valence-corrected chi connectivity index (χ0v) is 14.0. The first-order chi connectivity index (χ1) is 9.43. The zero-order valence-electron chi connectivity index (χ0n) is 14.0. The molecule has 20 heavy (non-hydrogen) atoms. The van der Waals surface area contributed by atoms with Crippen molar-refractivity contribution in [2.75, 3.05) is 27.7 Å². The molecule has 0 bridgehead atoms. The third kappa shape index (κ3) is 9.27. The van der Waals surface area contributed by atoms with Crippen LogP contribution in [0.2, 0.25) is 0 Å². The van der Waals surface area contributed by atoms with Gasteiger partial charge in [0, 0.05) is 6.42 Å². The molecule has 3 nitrogen and oxygen atoms in total. The van der Waals surface area contributed by atoms with Crippen LogP contribution in [0.1, 0.15) is 58.3 Å². The first-order valence-corrected chi connectivity index (χ1v) is 8.15. The number of rotatable bonds is 12. The van der Waals surface area contributed by atoms with E-state index in [9.17, 15) is 4.79 Å². The summed E-state index contributed by atoms with van der Waals surface area (Å²) in [6, 6.07) is -0.0131. The Bertz CT molecular complexity index is 279. The molecule has 0 aromatic rings. The summed E-state index contributed by atoms with van der Waals surface area (Å²) >= 11 is 0. The number of hydrogen-bond donors (Lipinski definition) is 1. The molecule has 0 aliphatic carbocycles. The predicted molar refractivity (Wildman–Crippen MR) is 87.6 cm³/mol. The SMILES string of the molecule is CCCCCCCCC=CC(=O)C(CCN)[N+](C)(C)C. The second-order valence-electron chi connectivity index (χ2n) is 6.57. The molecule has 3 heteroatoms. The topological polar surface area (TPSA) is 43.1 Å². The van der Waals surface area contributed by atoms with Crippen LogP contribution < -0.4 is 5.73 Å². The Balaban J connectivity index is 3.95. The van der Waals surface area contributed by atoms with Crippen molar-refractivity contribution in [3.63, 3.8) is 0 Å². The third-order valence-electron chi connectivity index (χ3n) is 3.71. The molecule has 0 rings (SSSR count). The van der Waals surface area contributed by atoms with Gasteiger partial charge in [-0.3, -0.25) is 4.79 Å². The lowest BCUT2D eigenvalue weighted by Gasteiger charge is -2.32. The number of nitrogens with zero attached hydrogens (tertiary/aromatic N) is 1. The lowest BCUT2D eigenvalue weighted by atomic mass is 10.0. The highest BCUT2D eigenvalue weighted by Gasteiger charge is 2.28. The lowest BCUT2D eigenvalue weighted by molar-refractivity contribution is -0.886. The van der Waals surface area contributed by atoms with Gasteiger partial charge in [-0.25, -0.2) is 0 Å². The van der Waals surface area contributed by atoms with Crippen molar-refractivity contribution in [1.82, 2.24) is 0 Å². The van der Waals surface area contributed by atoms with Crippen LogP contribution in [0, 0.1) is 0 Å². The van der Waals surface area contributed by atoms with Gasteiger partial charge in [-0.05, 0) is 25.5 Å². The second-order valence-corrected chi connectivity index (χ2v) is 6.57. The van der Waals surface area contributed by atoms with Crippen LogP contribution in [0.15, 0.2) is 12.2 Å². The Morgan fingerprint density at radius 2 is 1.70 bits per heavy atom. The minimum Gasteiger partial charge on any atom is -0.330 e. The quantitative estimate of drug-likeness (QED) is 0.339. The Morgan fingerprint density at radius 1 is 1.10 bits per heavy atom. The molecule has 0 fully saturated rings. The largest absolute Gasteiger partial charge is 0.330 e. The Labute approximate surface area is 125 Å². The normalized spacial score (nSPS) is 13.8. The van der Waals surface area contributed by atoms with E-state index in [1.54, 1.807) is 6.08 Å². The van der Waals surface area contributed by atoms with Gasteiger partial charge in [0.25, 0.3) is 0 Å². The maximum absolute atomic E-state index is 12.2. The minimum atomic E-state index is -0.0131. The number of unbranched alkanes of at least 4 members (excludes halogenated alkanes) is 6. The van der Waals surface area contributed by atoms with E-state index in [1.807, 2.05) is 6.08 Å². The molecule has 118 valence electrons. The maximum atomic E-state index is 12.2. The van der Waals surface area contributed by atoms with Crippen LogP contribution in [0.5, 0.6) is 0 Å². The Morgan fingerprint density at radius 3 is 2.25 bits per heavy atom. The van der Waals surface area contributed by atoms with Crippen LogP contribution in [-0.4, -0.2) is 44.0 Å². The van der Waals surface area contributed by atoms with Gasteiger partial charge in [0.05, 0.1) is 21.1 Å². The third-order valence-corrected chi connectivity index (χ3v) is 3.71. The van der Waals surface area contributed by atoms with Crippen LogP contribution in [0.4, 0.5) is 0 Å². The van der Waals surface area contributed by atoms with E-state index in [1.165, 1.54) is 38.5 Å². The molecule has 0 aliphatic rings. The molecule has 0 saturated heterocycles. The number of allylic oxidation sites excluding steroid dienone is 1. The summed E-state index contributed by atoms with van der Waals surface area (Å²) in [5, 5.41) is 0. The van der Waals surface area contributed by atoms with Crippen LogP contribution in [0.25, 0.3) is 0 Å². The lowest BCUT2D eigenvalue weighted by Crippen LogP contribution is -2.50. The molecule has 0 radical (unpaired) electrons. The highest BCUT2D eigenvalue weighted by molar-refractivity contribution is 5.93. The second kappa shape index (κ2) is 11.0. The van der Waals surface area contributed by atoms with Crippen LogP contribution >= 0.6 is 0 Å². The molecule has 0 aliphatic heterocycles. The minimum absolute atomic E-state index is 0.0131. The number of carbonyl (C=O) groups excluding carboxylic acids is 1. The standard InChI is InChI=1S/C17H35N2O/c1-5-6-7-8-9-10-11-12-13-17(20)16(14-15-18)19(2,3)4/h12-13,16H,5-11,14-15,18H2,1-4H3/q+1. The van der Waals surface area contributed by atoms with E-state index in [-0.39, 0.29) is 11.8 Å². The summed E-state index contributed by atoms with van der Waals surface area (Å²) in [7, 11) is 6.17. The molecule has 0 amide bonds. The number of hydrogen-bond acceptors (Lipinski definition) is 2. The number of likely N-dealkylation sites (N-methyl/N-ethyl adjacent to an activating group) is 1. The average Bonchev–Trinajstić information content (AvgIpc) is 2.37. The van der Waals surface area contributed by atoms with E-state index < -0.39 is 0 Å². The van der Waals surface area contributed by atoms with Crippen molar-refractivity contribution in [3.8, 4) is 0 Å². The van der Waals surface area contributed by atoms with Crippen LogP contribution in [-0.2, 0) is 4.79 Å². The summed E-state index contributed by atoms with van der Waals surface area (Å²) in [5.41, 5.74) is 5.61. The molecular formula is C17H35N2O+. The highest BCUT2D eigenvalue weighted by atomic mass is 16.1. The van der Waals surface area contributed by atoms with Gasteiger partial charge in [-0.2, -0.15) is 0 Å². The first-order valence-electron chi connectivity index (χ1n) is 8.15. The molecule has 0 heterocycles. The van der Waals surface area contributed by atoms with Crippen molar-refractivity contribution in [2.24, 2.45) is 5.73 Å². The van der Waals surface area contributed by atoms with Gasteiger partial charge in [-0.15, -0.1) is 0 Å². The fourth-order valence-corrected chi connectivity index (χ4v) is 2.42. The van der Waals surface area contributed by atoms with Gasteiger partial charge < -0.3 is 10.2 Å². The molecule has 1 unspecified atom stereocenters. The van der Waals surface area contributed by atoms with Crippen molar-refractivity contribution in [2.45, 2.75) is 64.3 Å². The number of nitrogens with two attached hydrogens (primary N) is 1. The summed E-state index contributed by atoms with van der Waals surface area (Å²) < 4.78 is 0.650. The van der Waals surface area contributed by atoms with E-state index in [0.29, 0.717) is 11.0 Å². The van der Waals surface area contributed by atoms with Crippen molar-refractivity contribution in [3.05, 3.63) is 12.2 Å². The molecular weight excluding hydrogens is 248 g/mol. The summed E-state index contributed by atoms with van der Waals surface area (Å²) in [6.45, 7) is 2.80. The number of ketones is 1. The van der Waals surface area contributed by atoms with E-state index in [4.69, 9.17) is 5.73 Å². The van der Waals surface area contributed by atoms with Gasteiger partial charge in [0.2, 0.25) is 5.78 Å². The number of quaternary nitrogens is 1. The molecule has 0 spiro atoms. The van der Waals surface area contributed by atoms with Crippen LogP contribution in [0.3, 0.4) is 0 Å². The predicted octanol–water partition coefficient (Wildman–Crippen LogP) is 3.29. The van der Waals surface area contributed by atoms with Gasteiger partial charge in [-0.1, -0.05) is 45.1 Å². The smallest absolute Gasteiger partial charge is 0.212 e. The molecule has 1 atom stereocenters. The maximum Gasteiger partial charge on any atom is 0.212 e. The molecule has 0 saturated carbocycles. The fourth-order valence-electron chi connectivity index (χ4n) is 2.42. The van der Waals surface area contributed by atoms with Gasteiger partial charge >= 0.3 is 0 Å². The fraction of sp³-hybridized carbons (Fsp3) is 0.824. The highest BCUT2D eigenvalue weighted by Crippen LogP contribution is 2.10. The van der Waals surface area contributed by atoms with Crippen molar-refractivity contribution < 1.29 is 9.28 Å². The summed E-state index contributed by atoms with van der Waals surface area (Å²) in [5.74, 6) is 0.217. The van der Waals surface area contributed by atoms with Crippen molar-refractivity contribution >= 4 is 5.78 Å². The van der Waals surface area contributed by atoms with E-state index >= 15 is 0 Å². The first kappa shape index (κ1) is 19.3. The Kier molecular flexibility index (Phi) is 10.7. The molecule has 0 aromatic heterocycles.